The third-order valence-corrected chi connectivity index (χ3v) is 1.67. The van der Waals surface area contributed by atoms with Gasteiger partial charge in [0.2, 0.25) is 0 Å². The Labute approximate surface area is 94.7 Å². The van der Waals surface area contributed by atoms with Crippen molar-refractivity contribution in [1.29, 1.82) is 0 Å². The summed E-state index contributed by atoms with van der Waals surface area (Å²) in [7, 11) is 0. The van der Waals surface area contributed by atoms with Gasteiger partial charge in [-0.3, -0.25) is 4.90 Å². The minimum atomic E-state index is 0.194. The highest BCUT2D eigenvalue weighted by Gasteiger charge is 2.03. The molecule has 0 radical (unpaired) electrons. The van der Waals surface area contributed by atoms with E-state index in [0.29, 0.717) is 6.54 Å². The van der Waals surface area contributed by atoms with Gasteiger partial charge in [-0.15, -0.1) is 0 Å². The van der Waals surface area contributed by atoms with Gasteiger partial charge >= 0.3 is 0 Å². The summed E-state index contributed by atoms with van der Waals surface area (Å²) in [6, 6.07) is 0. The number of hydrogen-bond acceptors (Lipinski definition) is 3. The molecular formula is C12H27NO2. The quantitative estimate of drug-likeness (QED) is 0.498. The van der Waals surface area contributed by atoms with Crippen molar-refractivity contribution in [2.75, 3.05) is 39.5 Å². The van der Waals surface area contributed by atoms with E-state index in [0.717, 1.165) is 31.9 Å². The third-order valence-electron chi connectivity index (χ3n) is 1.67. The minimum Gasteiger partial charge on any atom is -0.395 e. The Bertz CT molecular complexity index is 138. The SMILES string of the molecule is C=C(C)CN(CCO)CCOCC.CC. The molecule has 0 saturated carbocycles. The van der Waals surface area contributed by atoms with Crippen LogP contribution in [-0.4, -0.2) is 49.5 Å². The average molecular weight is 217 g/mol. The zero-order valence-electron chi connectivity index (χ0n) is 10.8. The molecule has 3 heteroatoms. The Kier molecular flexibility index (Phi) is 15.5. The molecule has 3 nitrogen and oxygen atoms in total. The molecule has 0 saturated heterocycles. The molecule has 0 bridgehead atoms. The van der Waals surface area contributed by atoms with Gasteiger partial charge < -0.3 is 9.84 Å². The van der Waals surface area contributed by atoms with Crippen LogP contribution in [-0.2, 0) is 4.74 Å². The molecule has 0 aliphatic heterocycles. The van der Waals surface area contributed by atoms with Crippen molar-refractivity contribution in [3.63, 3.8) is 0 Å². The lowest BCUT2D eigenvalue weighted by atomic mass is 10.3. The average Bonchev–Trinajstić information content (AvgIpc) is 2.20. The first-order valence-electron chi connectivity index (χ1n) is 5.76. The monoisotopic (exact) mass is 217 g/mol. The fraction of sp³-hybridized carbons (Fsp3) is 0.833. The van der Waals surface area contributed by atoms with Crippen molar-refractivity contribution in [2.45, 2.75) is 27.7 Å². The summed E-state index contributed by atoms with van der Waals surface area (Å²) < 4.78 is 5.24. The van der Waals surface area contributed by atoms with E-state index in [1.54, 1.807) is 0 Å². The molecule has 0 aromatic heterocycles. The number of aliphatic hydroxyl groups excluding tert-OH is 1. The second kappa shape index (κ2) is 13.6. The first-order chi connectivity index (χ1) is 7.20. The molecule has 15 heavy (non-hydrogen) atoms. The number of ether oxygens (including phenoxy) is 1. The normalized spacial score (nSPS) is 9.73. The summed E-state index contributed by atoms with van der Waals surface area (Å²) in [5.74, 6) is 0. The largest absolute Gasteiger partial charge is 0.395 e. The molecule has 92 valence electrons. The van der Waals surface area contributed by atoms with Crippen LogP contribution in [0.2, 0.25) is 0 Å². The Morgan fingerprint density at radius 1 is 1.33 bits per heavy atom. The molecule has 0 aliphatic rings. The van der Waals surface area contributed by atoms with E-state index in [-0.39, 0.29) is 6.61 Å². The molecule has 0 aromatic carbocycles. The summed E-state index contributed by atoms with van der Waals surface area (Å²) in [6.07, 6.45) is 0. The first-order valence-corrected chi connectivity index (χ1v) is 5.76. The van der Waals surface area contributed by atoms with E-state index >= 15 is 0 Å². The molecule has 0 aliphatic carbocycles. The molecule has 0 amide bonds. The van der Waals surface area contributed by atoms with Crippen molar-refractivity contribution in [3.05, 3.63) is 12.2 Å². The lowest BCUT2D eigenvalue weighted by Gasteiger charge is -2.20. The van der Waals surface area contributed by atoms with Gasteiger partial charge in [0.25, 0.3) is 0 Å². The standard InChI is InChI=1S/C10H21NO2.C2H6/c1-4-13-8-6-11(5-7-12)9-10(2)3;1-2/h12H,2,4-9H2,1,3H3;1-2H3. The smallest absolute Gasteiger partial charge is 0.0593 e. The van der Waals surface area contributed by atoms with Gasteiger partial charge in [-0.1, -0.05) is 26.0 Å². The third kappa shape index (κ3) is 13.6. The highest BCUT2D eigenvalue weighted by molar-refractivity contribution is 4.91. The molecular weight excluding hydrogens is 190 g/mol. The Hall–Kier alpha value is -0.380. The van der Waals surface area contributed by atoms with E-state index in [9.17, 15) is 0 Å². The van der Waals surface area contributed by atoms with Gasteiger partial charge in [0.05, 0.1) is 13.2 Å². The Balaban J connectivity index is 0. The van der Waals surface area contributed by atoms with Gasteiger partial charge in [0.1, 0.15) is 0 Å². The summed E-state index contributed by atoms with van der Waals surface area (Å²) in [4.78, 5) is 2.14. The highest BCUT2D eigenvalue weighted by atomic mass is 16.5. The van der Waals surface area contributed by atoms with Crippen LogP contribution >= 0.6 is 0 Å². The van der Waals surface area contributed by atoms with Crippen LogP contribution in [0.3, 0.4) is 0 Å². The van der Waals surface area contributed by atoms with Crippen LogP contribution in [0.25, 0.3) is 0 Å². The summed E-state index contributed by atoms with van der Waals surface area (Å²) in [5, 5.41) is 8.79. The zero-order chi connectivity index (χ0) is 12.1. The van der Waals surface area contributed by atoms with Crippen LogP contribution in [0.5, 0.6) is 0 Å². The minimum absolute atomic E-state index is 0.194. The summed E-state index contributed by atoms with van der Waals surface area (Å²) in [5.41, 5.74) is 1.12. The fourth-order valence-electron chi connectivity index (χ4n) is 1.13. The van der Waals surface area contributed by atoms with Crippen molar-refractivity contribution < 1.29 is 9.84 Å². The predicted octanol–water partition coefficient (Wildman–Crippen LogP) is 1.92. The molecule has 0 rings (SSSR count). The summed E-state index contributed by atoms with van der Waals surface area (Å²) >= 11 is 0. The number of aliphatic hydroxyl groups is 1. The fourth-order valence-corrected chi connectivity index (χ4v) is 1.13. The topological polar surface area (TPSA) is 32.7 Å². The number of rotatable bonds is 8. The Morgan fingerprint density at radius 3 is 2.33 bits per heavy atom. The second-order valence-electron chi connectivity index (χ2n) is 3.15. The second-order valence-corrected chi connectivity index (χ2v) is 3.15. The van der Waals surface area contributed by atoms with Gasteiger partial charge in [-0.25, -0.2) is 0 Å². The molecule has 0 fully saturated rings. The zero-order valence-corrected chi connectivity index (χ0v) is 10.8. The van der Waals surface area contributed by atoms with E-state index in [1.165, 1.54) is 0 Å². The van der Waals surface area contributed by atoms with Crippen molar-refractivity contribution in [3.8, 4) is 0 Å². The van der Waals surface area contributed by atoms with Gasteiger partial charge in [0, 0.05) is 26.2 Å². The molecule has 1 N–H and O–H groups in total. The van der Waals surface area contributed by atoms with Crippen molar-refractivity contribution >= 4 is 0 Å². The highest BCUT2D eigenvalue weighted by Crippen LogP contribution is 1.95. The molecule has 0 spiro atoms. The number of hydrogen-bond donors (Lipinski definition) is 1. The van der Waals surface area contributed by atoms with E-state index < -0.39 is 0 Å². The van der Waals surface area contributed by atoms with E-state index in [2.05, 4.69) is 11.5 Å². The van der Waals surface area contributed by atoms with Crippen LogP contribution in [0.15, 0.2) is 12.2 Å². The van der Waals surface area contributed by atoms with E-state index in [1.807, 2.05) is 27.7 Å². The van der Waals surface area contributed by atoms with Gasteiger partial charge in [-0.2, -0.15) is 0 Å². The molecule has 0 atom stereocenters. The van der Waals surface area contributed by atoms with Gasteiger partial charge in [-0.05, 0) is 13.8 Å². The van der Waals surface area contributed by atoms with Crippen LogP contribution in [0, 0.1) is 0 Å². The van der Waals surface area contributed by atoms with Crippen LogP contribution in [0.1, 0.15) is 27.7 Å². The molecule has 0 unspecified atom stereocenters. The molecule has 0 heterocycles. The maximum atomic E-state index is 8.79. The lowest BCUT2D eigenvalue weighted by molar-refractivity contribution is 0.108. The maximum Gasteiger partial charge on any atom is 0.0593 e. The van der Waals surface area contributed by atoms with Crippen molar-refractivity contribution in [1.82, 2.24) is 4.90 Å². The Morgan fingerprint density at radius 2 is 1.93 bits per heavy atom. The summed E-state index contributed by atoms with van der Waals surface area (Å²) in [6.45, 7) is 15.9. The van der Waals surface area contributed by atoms with Crippen molar-refractivity contribution in [2.24, 2.45) is 0 Å². The predicted molar refractivity (Wildman–Crippen MR) is 66.2 cm³/mol. The number of nitrogens with zero attached hydrogens (tertiary/aromatic N) is 1. The first kappa shape index (κ1) is 17.0. The van der Waals surface area contributed by atoms with Gasteiger partial charge in [0.15, 0.2) is 0 Å². The van der Waals surface area contributed by atoms with Crippen LogP contribution in [0.4, 0.5) is 0 Å². The lowest BCUT2D eigenvalue weighted by Crippen LogP contribution is -2.31. The maximum absolute atomic E-state index is 8.79. The van der Waals surface area contributed by atoms with E-state index in [4.69, 9.17) is 9.84 Å². The molecule has 0 aromatic rings. The van der Waals surface area contributed by atoms with Crippen LogP contribution < -0.4 is 0 Å².